The summed E-state index contributed by atoms with van der Waals surface area (Å²) in [7, 11) is 0. The molecule has 2 heterocycles. The first-order valence-electron chi connectivity index (χ1n) is 11.6. The normalized spacial score (nSPS) is 21.6. The van der Waals surface area contributed by atoms with Gasteiger partial charge in [-0.05, 0) is 46.2 Å². The van der Waals surface area contributed by atoms with Crippen molar-refractivity contribution >= 4 is 23.7 Å². The molecule has 2 fully saturated rings. The van der Waals surface area contributed by atoms with Crippen molar-refractivity contribution in [2.24, 2.45) is 17.8 Å². The predicted molar refractivity (Wildman–Crippen MR) is 127 cm³/mol. The van der Waals surface area contributed by atoms with Crippen LogP contribution < -0.4 is 5.32 Å². The molecule has 2 atom stereocenters. The van der Waals surface area contributed by atoms with Gasteiger partial charge >= 0.3 is 12.1 Å². The van der Waals surface area contributed by atoms with Crippen LogP contribution in [-0.4, -0.2) is 52.7 Å². The topological polar surface area (TPSA) is 109 Å². The van der Waals surface area contributed by atoms with Crippen molar-refractivity contribution < 1.29 is 24.2 Å². The van der Waals surface area contributed by atoms with E-state index in [1.54, 1.807) is 17.0 Å². The number of pyridine rings is 1. The molecule has 2 N–H and O–H groups in total. The van der Waals surface area contributed by atoms with E-state index < -0.39 is 12.1 Å². The van der Waals surface area contributed by atoms with Gasteiger partial charge in [0.05, 0.1) is 17.8 Å². The summed E-state index contributed by atoms with van der Waals surface area (Å²) in [6.45, 7) is 1.10. The number of carboxylic acids is 1. The lowest BCUT2D eigenvalue weighted by Crippen LogP contribution is -2.33. The molecule has 6 rings (SSSR count). The summed E-state index contributed by atoms with van der Waals surface area (Å²) in [6, 6.07) is 19.4. The van der Waals surface area contributed by atoms with Crippen LogP contribution in [0.15, 0.2) is 66.9 Å². The summed E-state index contributed by atoms with van der Waals surface area (Å²) in [5.74, 6) is -1.27. The molecular formula is C27H23N3O5. The number of carboxylic acid groups (broad SMARTS) is 1. The second kappa shape index (κ2) is 8.23. The number of anilines is 1. The monoisotopic (exact) mass is 469 g/mol. The SMILES string of the molecule is O=C(Nc1ccc(C(=O)N2CC3C(C2)C3C(=O)O)nc1)OCC1c2ccccc2-c2ccccc21. The fraction of sp³-hybridized carbons (Fsp3) is 0.259. The third kappa shape index (κ3) is 3.71. The Labute approximate surface area is 201 Å². The first kappa shape index (κ1) is 21.3. The van der Waals surface area contributed by atoms with E-state index in [0.717, 1.165) is 22.3 Å². The Morgan fingerprint density at radius 1 is 0.943 bits per heavy atom. The minimum atomic E-state index is -0.783. The van der Waals surface area contributed by atoms with Crippen molar-refractivity contribution in [3.63, 3.8) is 0 Å². The van der Waals surface area contributed by atoms with Gasteiger partial charge in [0.15, 0.2) is 0 Å². The van der Waals surface area contributed by atoms with Gasteiger partial charge in [-0.1, -0.05) is 48.5 Å². The highest BCUT2D eigenvalue weighted by molar-refractivity contribution is 5.93. The number of fused-ring (bicyclic) bond motifs is 4. The zero-order chi connectivity index (χ0) is 24.1. The highest BCUT2D eigenvalue weighted by atomic mass is 16.5. The van der Waals surface area contributed by atoms with Crippen LogP contribution in [0.1, 0.15) is 27.5 Å². The van der Waals surface area contributed by atoms with Crippen molar-refractivity contribution in [3.05, 3.63) is 83.7 Å². The van der Waals surface area contributed by atoms with Crippen LogP contribution in [0.25, 0.3) is 11.1 Å². The Kier molecular flexibility index (Phi) is 5.02. The lowest BCUT2D eigenvalue weighted by Gasteiger charge is -2.18. The fourth-order valence-corrected chi connectivity index (χ4v) is 5.57. The first-order chi connectivity index (χ1) is 17.0. The Morgan fingerprint density at radius 2 is 1.57 bits per heavy atom. The van der Waals surface area contributed by atoms with Gasteiger partial charge in [-0.3, -0.25) is 14.9 Å². The molecule has 1 aromatic heterocycles. The molecule has 1 saturated carbocycles. The molecule has 35 heavy (non-hydrogen) atoms. The number of carbonyl (C=O) groups excluding carboxylic acids is 2. The first-order valence-corrected chi connectivity index (χ1v) is 11.6. The van der Waals surface area contributed by atoms with Crippen LogP contribution in [0.5, 0.6) is 0 Å². The van der Waals surface area contributed by atoms with Crippen molar-refractivity contribution in [3.8, 4) is 11.1 Å². The molecule has 1 saturated heterocycles. The number of amides is 2. The molecule has 3 aromatic rings. The molecule has 2 amide bonds. The van der Waals surface area contributed by atoms with Gasteiger partial charge in [-0.2, -0.15) is 0 Å². The van der Waals surface area contributed by atoms with E-state index in [0.29, 0.717) is 18.8 Å². The molecule has 0 bridgehead atoms. The molecule has 2 aliphatic carbocycles. The number of hydrogen-bond acceptors (Lipinski definition) is 5. The number of hydrogen-bond donors (Lipinski definition) is 2. The molecule has 176 valence electrons. The summed E-state index contributed by atoms with van der Waals surface area (Å²) in [4.78, 5) is 42.1. The van der Waals surface area contributed by atoms with Gasteiger partial charge in [-0.25, -0.2) is 9.78 Å². The predicted octanol–water partition coefficient (Wildman–Crippen LogP) is 3.85. The maximum absolute atomic E-state index is 12.7. The van der Waals surface area contributed by atoms with E-state index in [2.05, 4.69) is 34.6 Å². The van der Waals surface area contributed by atoms with E-state index >= 15 is 0 Å². The smallest absolute Gasteiger partial charge is 0.411 e. The average molecular weight is 469 g/mol. The lowest BCUT2D eigenvalue weighted by molar-refractivity contribution is -0.139. The number of rotatable bonds is 5. The molecule has 0 radical (unpaired) electrons. The van der Waals surface area contributed by atoms with E-state index in [1.807, 2.05) is 24.3 Å². The third-order valence-electron chi connectivity index (χ3n) is 7.34. The van der Waals surface area contributed by atoms with E-state index in [-0.39, 0.29) is 41.9 Å². The maximum Gasteiger partial charge on any atom is 0.411 e. The van der Waals surface area contributed by atoms with E-state index in [4.69, 9.17) is 9.84 Å². The zero-order valence-electron chi connectivity index (χ0n) is 18.8. The molecule has 3 aliphatic rings. The third-order valence-corrected chi connectivity index (χ3v) is 7.34. The van der Waals surface area contributed by atoms with Gasteiger partial charge in [0.2, 0.25) is 0 Å². The molecular weight excluding hydrogens is 446 g/mol. The average Bonchev–Trinajstić information content (AvgIpc) is 3.23. The second-order valence-electron chi connectivity index (χ2n) is 9.28. The quantitative estimate of drug-likeness (QED) is 0.588. The van der Waals surface area contributed by atoms with Gasteiger partial charge < -0.3 is 14.7 Å². The van der Waals surface area contributed by atoms with Gasteiger partial charge in [0.1, 0.15) is 12.3 Å². The van der Waals surface area contributed by atoms with Crippen molar-refractivity contribution in [1.29, 1.82) is 0 Å². The second-order valence-corrected chi connectivity index (χ2v) is 9.28. The Balaban J connectivity index is 1.05. The summed E-state index contributed by atoms with van der Waals surface area (Å²) >= 11 is 0. The van der Waals surface area contributed by atoms with Crippen LogP contribution in [0.2, 0.25) is 0 Å². The molecule has 2 aromatic carbocycles. The summed E-state index contributed by atoms with van der Waals surface area (Å²) in [5, 5.41) is 11.8. The van der Waals surface area contributed by atoms with Crippen LogP contribution >= 0.6 is 0 Å². The number of likely N-dealkylation sites (tertiary alicyclic amines) is 1. The Morgan fingerprint density at radius 3 is 2.14 bits per heavy atom. The van der Waals surface area contributed by atoms with Gasteiger partial charge in [-0.15, -0.1) is 0 Å². The van der Waals surface area contributed by atoms with E-state index in [1.165, 1.54) is 6.20 Å². The summed E-state index contributed by atoms with van der Waals surface area (Å²) in [5.41, 5.74) is 5.29. The van der Waals surface area contributed by atoms with Crippen LogP contribution in [-0.2, 0) is 9.53 Å². The number of carbonyl (C=O) groups is 3. The molecule has 2 unspecified atom stereocenters. The number of aliphatic carboxylic acids is 1. The van der Waals surface area contributed by atoms with Crippen LogP contribution in [0.4, 0.5) is 10.5 Å². The Hall–Kier alpha value is -4.20. The number of aromatic nitrogens is 1. The highest BCUT2D eigenvalue weighted by Gasteiger charge is 2.60. The standard InChI is InChI=1S/C27H23N3O5/c31-25(30-12-20-21(13-30)24(20)26(32)33)23-10-9-15(11-28-23)29-27(34)35-14-22-18-7-3-1-5-16(18)17-6-2-4-8-19(17)22/h1-11,20-22,24H,12-14H2,(H,29,34)(H,32,33). The summed E-state index contributed by atoms with van der Waals surface area (Å²) < 4.78 is 5.55. The number of benzene rings is 2. The van der Waals surface area contributed by atoms with Crippen molar-refractivity contribution in [2.45, 2.75) is 5.92 Å². The van der Waals surface area contributed by atoms with Crippen LogP contribution in [0, 0.1) is 17.8 Å². The molecule has 0 spiro atoms. The van der Waals surface area contributed by atoms with Crippen molar-refractivity contribution in [2.75, 3.05) is 25.0 Å². The number of nitrogens with one attached hydrogen (secondary N) is 1. The largest absolute Gasteiger partial charge is 0.481 e. The number of nitrogens with zero attached hydrogens (tertiary/aromatic N) is 2. The maximum atomic E-state index is 12.7. The minimum Gasteiger partial charge on any atom is -0.481 e. The van der Waals surface area contributed by atoms with E-state index in [9.17, 15) is 14.4 Å². The number of piperidine rings is 1. The minimum absolute atomic E-state index is 0.0290. The Bertz CT molecular complexity index is 1280. The number of ether oxygens (including phenoxy) is 1. The molecule has 8 heteroatoms. The molecule has 1 aliphatic heterocycles. The van der Waals surface area contributed by atoms with Crippen LogP contribution in [0.3, 0.4) is 0 Å². The lowest BCUT2D eigenvalue weighted by atomic mass is 9.98. The van der Waals surface area contributed by atoms with Crippen molar-refractivity contribution in [1.82, 2.24) is 9.88 Å². The highest BCUT2D eigenvalue weighted by Crippen LogP contribution is 2.52. The van der Waals surface area contributed by atoms with Gasteiger partial charge in [0, 0.05) is 19.0 Å². The fourth-order valence-electron chi connectivity index (χ4n) is 5.57. The van der Waals surface area contributed by atoms with Gasteiger partial charge in [0.25, 0.3) is 5.91 Å². The zero-order valence-corrected chi connectivity index (χ0v) is 18.8. The molecule has 8 nitrogen and oxygen atoms in total. The summed E-state index contributed by atoms with van der Waals surface area (Å²) in [6.07, 6.45) is 0.831.